The molecule has 0 saturated carbocycles. The third kappa shape index (κ3) is 6.70. The minimum absolute atomic E-state index is 0.290. The largest absolute Gasteiger partial charge is 0.491 e. The van der Waals surface area contributed by atoms with E-state index in [1.165, 1.54) is 6.08 Å². The molecule has 1 fully saturated rings. The van der Waals surface area contributed by atoms with Gasteiger partial charge in [0.2, 0.25) is 11.9 Å². The monoisotopic (exact) mass is 491 g/mol. The highest BCUT2D eigenvalue weighted by Gasteiger charge is 2.21. The molecule has 4 rings (SSSR count). The van der Waals surface area contributed by atoms with Crippen LogP contribution >= 0.6 is 0 Å². The Bertz CT molecular complexity index is 1190. The smallest absolute Gasteiger partial charge is 0.247 e. The molecule has 3 aromatic rings. The van der Waals surface area contributed by atoms with Crippen LogP contribution in [0.4, 0.5) is 38.9 Å². The summed E-state index contributed by atoms with van der Waals surface area (Å²) in [7, 11) is 1.55. The molecular formula is C26H30FN7O2. The third-order valence-electron chi connectivity index (χ3n) is 5.74. The van der Waals surface area contributed by atoms with Gasteiger partial charge < -0.3 is 26.0 Å². The zero-order valence-corrected chi connectivity index (χ0v) is 20.1. The van der Waals surface area contributed by atoms with E-state index < -0.39 is 0 Å². The van der Waals surface area contributed by atoms with Crippen molar-refractivity contribution in [2.45, 2.75) is 12.5 Å². The van der Waals surface area contributed by atoms with E-state index in [2.05, 4.69) is 42.7 Å². The van der Waals surface area contributed by atoms with Gasteiger partial charge in [0.05, 0.1) is 13.3 Å². The number of likely N-dealkylation sites (tertiary alicyclic amines) is 1. The Balaban J connectivity index is 1.41. The predicted molar refractivity (Wildman–Crippen MR) is 141 cm³/mol. The van der Waals surface area contributed by atoms with Crippen molar-refractivity contribution in [3.63, 3.8) is 0 Å². The molecule has 1 atom stereocenters. The molecule has 1 aromatic heterocycles. The standard InChI is InChI=1S/C26H30FN7O2/c1-3-24(35)30-20-5-4-6-21(15-20)31-25-23(36-2)16-28-26(33-25)32-19-9-7-18(8-10-19)29-22-11-13-34(17-22)14-12-27/h3-10,15-16,22,29H,1,11-14,17H2,2H3,(H,30,35)(H2,28,31,32,33)/t22-/m1/s1. The van der Waals surface area contributed by atoms with Gasteiger partial charge in [-0.15, -0.1) is 0 Å². The summed E-state index contributed by atoms with van der Waals surface area (Å²) >= 11 is 0. The van der Waals surface area contributed by atoms with Gasteiger partial charge in [0, 0.05) is 48.4 Å². The number of nitrogens with one attached hydrogen (secondary N) is 4. The van der Waals surface area contributed by atoms with Gasteiger partial charge in [-0.1, -0.05) is 12.6 Å². The molecule has 0 radical (unpaired) electrons. The number of benzene rings is 2. The summed E-state index contributed by atoms with van der Waals surface area (Å²) in [6.45, 7) is 5.42. The number of halogens is 1. The van der Waals surface area contributed by atoms with E-state index in [1.807, 2.05) is 36.4 Å². The summed E-state index contributed by atoms with van der Waals surface area (Å²) in [4.78, 5) is 22.6. The molecule has 10 heteroatoms. The van der Waals surface area contributed by atoms with Crippen LogP contribution in [0, 0.1) is 0 Å². The minimum atomic E-state index is -0.307. The van der Waals surface area contributed by atoms with E-state index in [9.17, 15) is 9.18 Å². The normalized spacial score (nSPS) is 15.2. The van der Waals surface area contributed by atoms with Crippen molar-refractivity contribution in [2.75, 3.05) is 54.7 Å². The first-order valence-corrected chi connectivity index (χ1v) is 11.7. The highest BCUT2D eigenvalue weighted by Crippen LogP contribution is 2.28. The molecular weight excluding hydrogens is 461 g/mol. The van der Waals surface area contributed by atoms with Crippen LogP contribution < -0.4 is 26.0 Å². The first-order valence-electron chi connectivity index (χ1n) is 11.7. The Kier molecular flexibility index (Phi) is 8.30. The van der Waals surface area contributed by atoms with Gasteiger partial charge in [-0.2, -0.15) is 4.98 Å². The number of rotatable bonds is 11. The molecule has 0 bridgehead atoms. The lowest BCUT2D eigenvalue weighted by Gasteiger charge is -2.16. The fraction of sp³-hybridized carbons (Fsp3) is 0.269. The predicted octanol–water partition coefficient (Wildman–Crippen LogP) is 4.55. The zero-order chi connectivity index (χ0) is 25.3. The van der Waals surface area contributed by atoms with E-state index in [-0.39, 0.29) is 12.6 Å². The number of ether oxygens (including phenoxy) is 1. The van der Waals surface area contributed by atoms with Crippen molar-refractivity contribution in [2.24, 2.45) is 0 Å². The average molecular weight is 492 g/mol. The Morgan fingerprint density at radius 2 is 1.94 bits per heavy atom. The lowest BCUT2D eigenvalue weighted by molar-refractivity contribution is -0.111. The molecule has 36 heavy (non-hydrogen) atoms. The van der Waals surface area contributed by atoms with Crippen LogP contribution in [0.5, 0.6) is 5.75 Å². The number of methoxy groups -OCH3 is 1. The Morgan fingerprint density at radius 1 is 1.17 bits per heavy atom. The first kappa shape index (κ1) is 24.9. The minimum Gasteiger partial charge on any atom is -0.491 e. The van der Waals surface area contributed by atoms with Crippen molar-refractivity contribution in [1.29, 1.82) is 0 Å². The topological polar surface area (TPSA) is 103 Å². The maximum absolute atomic E-state index is 12.6. The van der Waals surface area contributed by atoms with Crippen LogP contribution in [0.2, 0.25) is 0 Å². The number of aromatic nitrogens is 2. The number of carbonyl (C=O) groups is 1. The number of carbonyl (C=O) groups excluding carboxylic acids is 1. The summed E-state index contributed by atoms with van der Waals surface area (Å²) in [6, 6.07) is 15.4. The van der Waals surface area contributed by atoms with Gasteiger partial charge in [-0.25, -0.2) is 9.37 Å². The number of hydrogen-bond donors (Lipinski definition) is 4. The van der Waals surface area contributed by atoms with Crippen LogP contribution in [-0.2, 0) is 4.79 Å². The Labute approximate surface area is 209 Å². The van der Waals surface area contributed by atoms with Crippen LogP contribution in [0.25, 0.3) is 0 Å². The molecule has 0 aliphatic carbocycles. The number of anilines is 6. The lowest BCUT2D eigenvalue weighted by atomic mass is 10.2. The van der Waals surface area contributed by atoms with Crippen molar-refractivity contribution in [1.82, 2.24) is 14.9 Å². The van der Waals surface area contributed by atoms with E-state index in [1.54, 1.807) is 25.4 Å². The summed E-state index contributed by atoms with van der Waals surface area (Å²) in [6.07, 6.45) is 3.80. The highest BCUT2D eigenvalue weighted by atomic mass is 19.1. The molecule has 1 aliphatic heterocycles. The molecule has 4 N–H and O–H groups in total. The van der Waals surface area contributed by atoms with Gasteiger partial charge in [0.1, 0.15) is 6.67 Å². The highest BCUT2D eigenvalue weighted by molar-refractivity contribution is 5.99. The molecule has 0 unspecified atom stereocenters. The molecule has 9 nitrogen and oxygen atoms in total. The average Bonchev–Trinajstić information content (AvgIpc) is 3.32. The molecule has 1 aliphatic rings. The SMILES string of the molecule is C=CC(=O)Nc1cccc(Nc2nc(Nc3ccc(N[C@@H]4CCN(CCF)C4)cc3)ncc2OC)c1. The third-order valence-corrected chi connectivity index (χ3v) is 5.74. The maximum Gasteiger partial charge on any atom is 0.247 e. The second kappa shape index (κ2) is 12.0. The van der Waals surface area contributed by atoms with Crippen molar-refractivity contribution >= 4 is 40.4 Å². The zero-order valence-electron chi connectivity index (χ0n) is 20.1. The van der Waals surface area contributed by atoms with Crippen molar-refractivity contribution in [3.8, 4) is 5.75 Å². The Morgan fingerprint density at radius 3 is 2.69 bits per heavy atom. The molecule has 1 saturated heterocycles. The number of hydrogen-bond acceptors (Lipinski definition) is 8. The Hall–Kier alpha value is -4.18. The molecule has 2 heterocycles. The summed E-state index contributed by atoms with van der Waals surface area (Å²) < 4.78 is 18.0. The van der Waals surface area contributed by atoms with E-state index in [0.717, 1.165) is 30.9 Å². The molecule has 1 amide bonds. The summed E-state index contributed by atoms with van der Waals surface area (Å²) in [5, 5.41) is 12.7. The van der Waals surface area contributed by atoms with Gasteiger partial charge in [-0.3, -0.25) is 9.69 Å². The molecule has 188 valence electrons. The van der Waals surface area contributed by atoms with Crippen LogP contribution in [0.15, 0.2) is 67.4 Å². The number of amides is 1. The first-order chi connectivity index (χ1) is 17.6. The second-order valence-electron chi connectivity index (χ2n) is 8.33. The van der Waals surface area contributed by atoms with Crippen LogP contribution in [-0.4, -0.2) is 60.2 Å². The fourth-order valence-corrected chi connectivity index (χ4v) is 3.96. The summed E-state index contributed by atoms with van der Waals surface area (Å²) in [5.41, 5.74) is 3.18. The summed E-state index contributed by atoms with van der Waals surface area (Å²) in [5.74, 6) is 1.05. The molecule has 0 spiro atoms. The van der Waals surface area contributed by atoms with Gasteiger partial charge >= 0.3 is 0 Å². The van der Waals surface area contributed by atoms with Crippen LogP contribution in [0.3, 0.4) is 0 Å². The quantitative estimate of drug-likeness (QED) is 0.290. The van der Waals surface area contributed by atoms with E-state index in [4.69, 9.17) is 4.74 Å². The van der Waals surface area contributed by atoms with Crippen LogP contribution in [0.1, 0.15) is 6.42 Å². The van der Waals surface area contributed by atoms with Crippen molar-refractivity contribution in [3.05, 3.63) is 67.4 Å². The van der Waals surface area contributed by atoms with Gasteiger partial charge in [0.15, 0.2) is 11.6 Å². The number of alkyl halides is 1. The van der Waals surface area contributed by atoms with Crippen molar-refractivity contribution < 1.29 is 13.9 Å². The van der Waals surface area contributed by atoms with Gasteiger partial charge in [-0.05, 0) is 55.0 Å². The lowest BCUT2D eigenvalue weighted by Crippen LogP contribution is -2.27. The fourth-order valence-electron chi connectivity index (χ4n) is 3.96. The molecule has 2 aromatic carbocycles. The van der Waals surface area contributed by atoms with E-state index >= 15 is 0 Å². The van der Waals surface area contributed by atoms with Gasteiger partial charge in [0.25, 0.3) is 0 Å². The maximum atomic E-state index is 12.6. The number of nitrogens with zero attached hydrogens (tertiary/aromatic N) is 3. The second-order valence-corrected chi connectivity index (χ2v) is 8.33. The van der Waals surface area contributed by atoms with E-state index in [0.29, 0.717) is 41.5 Å².